The zero-order valence-corrected chi connectivity index (χ0v) is 7.52. The molecule has 0 bridgehead atoms. The molecule has 0 aromatic rings. The molecule has 0 fully saturated rings. The van der Waals surface area contributed by atoms with Crippen molar-refractivity contribution in [2.24, 2.45) is 0 Å². The van der Waals surface area contributed by atoms with Crippen molar-refractivity contribution in [3.63, 3.8) is 0 Å². The molecule has 0 atom stereocenters. The molecule has 0 aromatic heterocycles. The average molecular weight is 171 g/mol. The van der Waals surface area contributed by atoms with Crippen molar-refractivity contribution < 1.29 is 37.3 Å². The summed E-state index contributed by atoms with van der Waals surface area (Å²) in [5.41, 5.74) is 0. The molecule has 0 spiro atoms. The van der Waals surface area contributed by atoms with Gasteiger partial charge in [-0.15, -0.1) is 0 Å². The first-order chi connectivity index (χ1) is 2.81. The quantitative estimate of drug-likeness (QED) is 0.307. The van der Waals surface area contributed by atoms with Crippen molar-refractivity contribution in [1.82, 2.24) is 0 Å². The fourth-order valence-corrected chi connectivity index (χ4v) is 0.0745. The molecule has 0 aliphatic heterocycles. The summed E-state index contributed by atoms with van der Waals surface area (Å²) >= 11 is 0. The first-order valence-electron chi connectivity index (χ1n) is 1.76. The van der Waals surface area contributed by atoms with Gasteiger partial charge in [0.1, 0.15) is 7.05 Å². The van der Waals surface area contributed by atoms with E-state index in [0.29, 0.717) is 0 Å². The van der Waals surface area contributed by atoms with E-state index in [1.54, 1.807) is 11.5 Å². The van der Waals surface area contributed by atoms with Crippen LogP contribution in [-0.2, 0) is 32.7 Å². The fourth-order valence-electron chi connectivity index (χ4n) is 0.0745. The molecule has 2 heteroatoms. The molecular weight excluding hydrogens is 163 g/mol. The number of nitrogens with zero attached hydrogens (tertiary/aromatic N) is 1. The molecule has 1 radical (unpaired) electrons. The Hall–Kier alpha value is 0.514. The minimum Gasteiger partial charge on any atom is -0.554 e. The normalized spacial score (nSPS) is 9.71. The molecule has 0 aliphatic carbocycles. The van der Waals surface area contributed by atoms with Crippen LogP contribution in [0.1, 0.15) is 6.92 Å². The number of rotatable bonds is 1. The molecule has 0 saturated carbocycles. The van der Waals surface area contributed by atoms with Crippen LogP contribution in [0.25, 0.3) is 0 Å². The summed E-state index contributed by atoms with van der Waals surface area (Å²) in [6.07, 6.45) is 4.21. The third-order valence-electron chi connectivity index (χ3n) is 0.576. The minimum absolute atomic E-state index is 0. The summed E-state index contributed by atoms with van der Waals surface area (Å²) in [5, 5.41) is 0. The van der Waals surface area contributed by atoms with Crippen molar-refractivity contribution in [2.75, 3.05) is 7.05 Å². The van der Waals surface area contributed by atoms with Gasteiger partial charge in [-0.2, -0.15) is 6.20 Å². The summed E-state index contributed by atoms with van der Waals surface area (Å²) in [6.45, 7) is 6.82. The number of hydrogen-bond acceptors (Lipinski definition) is 0. The molecular formula is C5H8NY-. The first kappa shape index (κ1) is 10.5. The Bertz CT molecular complexity index is 76.1. The van der Waals surface area contributed by atoms with E-state index in [1.165, 1.54) is 6.20 Å². The van der Waals surface area contributed by atoms with Gasteiger partial charge in [-0.25, -0.2) is 0 Å². The molecule has 0 heterocycles. The molecule has 0 rings (SSSR count). The maximum atomic E-state index is 5.02. The van der Waals surface area contributed by atoms with E-state index in [4.69, 9.17) is 6.58 Å². The van der Waals surface area contributed by atoms with Crippen LogP contribution in [0.3, 0.4) is 0 Å². The Morgan fingerprint density at radius 3 is 2.14 bits per heavy atom. The smallest absolute Gasteiger partial charge is 0.102 e. The van der Waals surface area contributed by atoms with Gasteiger partial charge in [0.2, 0.25) is 0 Å². The van der Waals surface area contributed by atoms with Gasteiger partial charge in [0, 0.05) is 38.9 Å². The van der Waals surface area contributed by atoms with E-state index in [-0.39, 0.29) is 32.7 Å². The third-order valence-corrected chi connectivity index (χ3v) is 0.576. The second-order valence-electron chi connectivity index (χ2n) is 0.984. The van der Waals surface area contributed by atoms with Gasteiger partial charge in [-0.1, -0.05) is 6.92 Å². The van der Waals surface area contributed by atoms with Crippen LogP contribution < -0.4 is 0 Å². The average Bonchev–Trinajstić information content (AvgIpc) is 1.65. The predicted molar refractivity (Wildman–Crippen MR) is 25.7 cm³/mol. The van der Waals surface area contributed by atoms with E-state index in [1.807, 2.05) is 7.05 Å². The third kappa shape index (κ3) is 6.51. The van der Waals surface area contributed by atoms with Gasteiger partial charge in [-0.3, -0.25) is 0 Å². The zero-order valence-electron chi connectivity index (χ0n) is 4.68. The topological polar surface area (TPSA) is 3.01 Å². The van der Waals surface area contributed by atoms with Crippen LogP contribution in [-0.4, -0.2) is 17.8 Å². The Balaban J connectivity index is 0. The van der Waals surface area contributed by atoms with Crippen molar-refractivity contribution in [3.05, 3.63) is 12.8 Å². The molecule has 0 amide bonds. The molecule has 0 aromatic carbocycles. The van der Waals surface area contributed by atoms with Crippen LogP contribution in [0.2, 0.25) is 0 Å². The largest absolute Gasteiger partial charge is 0.554 e. The van der Waals surface area contributed by atoms with E-state index in [2.05, 4.69) is 6.21 Å². The molecule has 7 heavy (non-hydrogen) atoms. The number of hydrogen-bond donors (Lipinski definition) is 0. The van der Waals surface area contributed by atoms with Crippen LogP contribution in [0.4, 0.5) is 0 Å². The summed E-state index contributed by atoms with van der Waals surface area (Å²) in [5.74, 6) is 0. The minimum atomic E-state index is 0. The zero-order chi connectivity index (χ0) is 4.99. The van der Waals surface area contributed by atoms with Crippen LogP contribution in [0.15, 0.2) is 6.20 Å². The van der Waals surface area contributed by atoms with Crippen molar-refractivity contribution >= 4 is 6.21 Å². The molecule has 1 nitrogen and oxygen atoms in total. The van der Waals surface area contributed by atoms with E-state index >= 15 is 0 Å². The molecule has 0 saturated heterocycles. The Morgan fingerprint density at radius 2 is 2.14 bits per heavy atom. The van der Waals surface area contributed by atoms with Crippen molar-refractivity contribution in [2.45, 2.75) is 6.92 Å². The van der Waals surface area contributed by atoms with Gasteiger partial charge >= 0.3 is 0 Å². The summed E-state index contributed by atoms with van der Waals surface area (Å²) in [7, 11) is 1.82. The van der Waals surface area contributed by atoms with Crippen molar-refractivity contribution in [3.8, 4) is 0 Å². The second-order valence-corrected chi connectivity index (χ2v) is 0.984. The first-order valence-corrected chi connectivity index (χ1v) is 1.76. The van der Waals surface area contributed by atoms with Crippen LogP contribution in [0.5, 0.6) is 0 Å². The monoisotopic (exact) mass is 171 g/mol. The van der Waals surface area contributed by atoms with E-state index in [0.717, 1.165) is 0 Å². The molecule has 0 unspecified atom stereocenters. The Labute approximate surface area is 70.0 Å². The Morgan fingerprint density at radius 1 is 1.71 bits per heavy atom. The van der Waals surface area contributed by atoms with Gasteiger partial charge in [-0.05, 0) is 0 Å². The maximum Gasteiger partial charge on any atom is 0.102 e. The second kappa shape index (κ2) is 6.51. The summed E-state index contributed by atoms with van der Waals surface area (Å²) in [4.78, 5) is 0. The van der Waals surface area contributed by atoms with Crippen molar-refractivity contribution in [1.29, 1.82) is 0 Å². The molecule has 0 N–H and O–H groups in total. The van der Waals surface area contributed by atoms with Gasteiger partial charge in [0.15, 0.2) is 0 Å². The summed E-state index contributed by atoms with van der Waals surface area (Å²) in [6, 6.07) is 0. The van der Waals surface area contributed by atoms with Gasteiger partial charge in [0.25, 0.3) is 0 Å². The fraction of sp³-hybridized carbons (Fsp3) is 0.400. The van der Waals surface area contributed by atoms with Gasteiger partial charge in [0.05, 0.1) is 0 Å². The SMILES string of the molecule is [CH-]=C[N+](C)=[C-]C.[Y]. The maximum absolute atomic E-state index is 5.02. The van der Waals surface area contributed by atoms with Crippen LogP contribution >= 0.6 is 0 Å². The standard InChI is InChI=1S/C5H8N.Y/c1-4-6(3)5-2;/h1,4H,2-3H3;/q-1;. The van der Waals surface area contributed by atoms with E-state index < -0.39 is 0 Å². The predicted octanol–water partition coefficient (Wildman–Crippen LogP) is 0.541. The van der Waals surface area contributed by atoms with Crippen LogP contribution in [0, 0.1) is 6.58 Å². The molecule has 0 aliphatic rings. The molecule has 37 valence electrons. The Kier molecular flexibility index (Phi) is 9.76. The van der Waals surface area contributed by atoms with E-state index in [9.17, 15) is 0 Å². The summed E-state index contributed by atoms with van der Waals surface area (Å²) < 4.78 is 1.65. The van der Waals surface area contributed by atoms with Gasteiger partial charge < -0.3 is 11.2 Å².